The standard InChI is InChI=1S/C16H22O2/c1-3-18-16(11-7-8-13(2)12-16)15(17)14-9-5-4-6-10-14/h4-6,9-10,13H,3,7-8,11-12H2,1-2H3. The number of hydrogen-bond donors (Lipinski definition) is 0. The maximum atomic E-state index is 12.7. The molecule has 2 rings (SSSR count). The minimum Gasteiger partial charge on any atom is -0.367 e. The molecule has 0 heterocycles. The van der Waals surface area contributed by atoms with Crippen molar-refractivity contribution in [2.24, 2.45) is 5.92 Å². The Hall–Kier alpha value is -1.15. The lowest BCUT2D eigenvalue weighted by atomic mass is 9.75. The molecule has 1 aliphatic rings. The fraction of sp³-hybridized carbons (Fsp3) is 0.562. The van der Waals surface area contributed by atoms with Crippen LogP contribution in [0.3, 0.4) is 0 Å². The highest BCUT2D eigenvalue weighted by atomic mass is 16.5. The molecule has 0 amide bonds. The number of ether oxygens (including phenoxy) is 1. The number of Topliss-reactive ketones (excluding diaryl/α,β-unsaturated/α-hetero) is 1. The summed E-state index contributed by atoms with van der Waals surface area (Å²) in [4.78, 5) is 12.7. The van der Waals surface area contributed by atoms with E-state index in [1.807, 2.05) is 37.3 Å². The summed E-state index contributed by atoms with van der Waals surface area (Å²) in [6, 6.07) is 9.55. The van der Waals surface area contributed by atoms with Crippen molar-refractivity contribution in [2.75, 3.05) is 6.61 Å². The number of benzene rings is 1. The third kappa shape index (κ3) is 2.64. The van der Waals surface area contributed by atoms with E-state index in [1.54, 1.807) is 0 Å². The van der Waals surface area contributed by atoms with Gasteiger partial charge in [-0.2, -0.15) is 0 Å². The van der Waals surface area contributed by atoms with E-state index in [1.165, 1.54) is 6.42 Å². The zero-order chi connectivity index (χ0) is 13.0. The molecule has 1 aromatic rings. The van der Waals surface area contributed by atoms with Gasteiger partial charge >= 0.3 is 0 Å². The monoisotopic (exact) mass is 246 g/mol. The van der Waals surface area contributed by atoms with Crippen molar-refractivity contribution in [1.82, 2.24) is 0 Å². The van der Waals surface area contributed by atoms with Crippen molar-refractivity contribution >= 4 is 5.78 Å². The lowest BCUT2D eigenvalue weighted by Gasteiger charge is -2.38. The largest absolute Gasteiger partial charge is 0.367 e. The summed E-state index contributed by atoms with van der Waals surface area (Å²) in [6.45, 7) is 4.79. The predicted molar refractivity (Wildman–Crippen MR) is 72.8 cm³/mol. The molecule has 0 aromatic heterocycles. The van der Waals surface area contributed by atoms with Crippen LogP contribution in [0.25, 0.3) is 0 Å². The molecule has 2 unspecified atom stereocenters. The summed E-state index contributed by atoms with van der Waals surface area (Å²) in [5.74, 6) is 0.731. The maximum absolute atomic E-state index is 12.7. The molecular formula is C16H22O2. The van der Waals surface area contributed by atoms with Crippen LogP contribution in [0.4, 0.5) is 0 Å². The Kier molecular flexibility index (Phi) is 4.18. The molecule has 0 N–H and O–H groups in total. The molecule has 0 bridgehead atoms. The van der Waals surface area contributed by atoms with Gasteiger partial charge in [0.05, 0.1) is 0 Å². The normalized spacial score (nSPS) is 28.0. The molecular weight excluding hydrogens is 224 g/mol. The van der Waals surface area contributed by atoms with E-state index in [-0.39, 0.29) is 5.78 Å². The van der Waals surface area contributed by atoms with Gasteiger partial charge < -0.3 is 4.74 Å². The van der Waals surface area contributed by atoms with E-state index >= 15 is 0 Å². The minimum atomic E-state index is -0.576. The Morgan fingerprint density at radius 2 is 2.11 bits per heavy atom. The fourth-order valence-electron chi connectivity index (χ4n) is 3.03. The number of hydrogen-bond acceptors (Lipinski definition) is 2. The number of carbonyl (C=O) groups excluding carboxylic acids is 1. The van der Waals surface area contributed by atoms with E-state index in [4.69, 9.17) is 4.74 Å². The molecule has 2 atom stereocenters. The molecule has 0 radical (unpaired) electrons. The Morgan fingerprint density at radius 3 is 2.72 bits per heavy atom. The summed E-state index contributed by atoms with van der Waals surface area (Å²) in [5.41, 5.74) is 0.202. The quantitative estimate of drug-likeness (QED) is 0.754. The minimum absolute atomic E-state index is 0.163. The van der Waals surface area contributed by atoms with Crippen molar-refractivity contribution in [3.05, 3.63) is 35.9 Å². The molecule has 0 spiro atoms. The van der Waals surface area contributed by atoms with Gasteiger partial charge in [0.15, 0.2) is 5.78 Å². The van der Waals surface area contributed by atoms with Crippen molar-refractivity contribution < 1.29 is 9.53 Å². The Labute approximate surface area is 109 Å². The van der Waals surface area contributed by atoms with E-state index in [0.717, 1.165) is 24.8 Å². The average Bonchev–Trinajstić information content (AvgIpc) is 2.39. The van der Waals surface area contributed by atoms with Gasteiger partial charge in [0, 0.05) is 12.2 Å². The first-order chi connectivity index (χ1) is 8.68. The molecule has 98 valence electrons. The third-order valence-electron chi connectivity index (χ3n) is 3.83. The Balaban J connectivity index is 2.27. The second-order valence-corrected chi connectivity index (χ2v) is 5.32. The topological polar surface area (TPSA) is 26.3 Å². The molecule has 1 aliphatic carbocycles. The summed E-state index contributed by atoms with van der Waals surface area (Å²) in [5, 5.41) is 0. The zero-order valence-corrected chi connectivity index (χ0v) is 11.3. The number of rotatable bonds is 4. The van der Waals surface area contributed by atoms with Gasteiger partial charge in [0.2, 0.25) is 0 Å². The lowest BCUT2D eigenvalue weighted by Crippen LogP contribution is -2.45. The van der Waals surface area contributed by atoms with Crippen molar-refractivity contribution in [3.8, 4) is 0 Å². The highest BCUT2D eigenvalue weighted by Gasteiger charge is 2.42. The van der Waals surface area contributed by atoms with Crippen molar-refractivity contribution in [1.29, 1.82) is 0 Å². The SMILES string of the molecule is CCOC1(C(=O)c2ccccc2)CCCC(C)C1. The van der Waals surface area contributed by atoms with Crippen LogP contribution in [0.5, 0.6) is 0 Å². The average molecular weight is 246 g/mol. The second kappa shape index (κ2) is 5.66. The second-order valence-electron chi connectivity index (χ2n) is 5.32. The lowest BCUT2D eigenvalue weighted by molar-refractivity contribution is -0.0511. The first-order valence-corrected chi connectivity index (χ1v) is 6.92. The van der Waals surface area contributed by atoms with Crippen LogP contribution in [-0.4, -0.2) is 18.0 Å². The summed E-state index contributed by atoms with van der Waals surface area (Å²) in [6.07, 6.45) is 4.00. The highest BCUT2D eigenvalue weighted by Crippen LogP contribution is 2.37. The van der Waals surface area contributed by atoms with Crippen LogP contribution in [0, 0.1) is 5.92 Å². The first-order valence-electron chi connectivity index (χ1n) is 6.92. The van der Waals surface area contributed by atoms with Gasteiger partial charge in [-0.1, -0.05) is 43.7 Å². The number of ketones is 1. The van der Waals surface area contributed by atoms with Gasteiger partial charge in [-0.05, 0) is 32.1 Å². The van der Waals surface area contributed by atoms with E-state index in [0.29, 0.717) is 12.5 Å². The van der Waals surface area contributed by atoms with Gasteiger partial charge in [0.1, 0.15) is 5.60 Å². The molecule has 0 saturated heterocycles. The molecule has 0 aliphatic heterocycles. The van der Waals surface area contributed by atoms with Crippen LogP contribution in [0.15, 0.2) is 30.3 Å². The molecule has 18 heavy (non-hydrogen) atoms. The van der Waals surface area contributed by atoms with Crippen LogP contribution < -0.4 is 0 Å². The summed E-state index contributed by atoms with van der Waals surface area (Å²) < 4.78 is 5.91. The Morgan fingerprint density at radius 1 is 1.39 bits per heavy atom. The van der Waals surface area contributed by atoms with Gasteiger partial charge in [-0.15, -0.1) is 0 Å². The smallest absolute Gasteiger partial charge is 0.194 e. The van der Waals surface area contributed by atoms with E-state index in [9.17, 15) is 4.79 Å². The van der Waals surface area contributed by atoms with E-state index < -0.39 is 5.60 Å². The highest BCUT2D eigenvalue weighted by molar-refractivity contribution is 6.02. The molecule has 1 aromatic carbocycles. The predicted octanol–water partition coefficient (Wildman–Crippen LogP) is 3.85. The molecule has 1 saturated carbocycles. The fourth-order valence-corrected chi connectivity index (χ4v) is 3.03. The van der Waals surface area contributed by atoms with Crippen LogP contribution in [0.1, 0.15) is 49.9 Å². The van der Waals surface area contributed by atoms with Gasteiger partial charge in [0.25, 0.3) is 0 Å². The third-order valence-corrected chi connectivity index (χ3v) is 3.83. The van der Waals surface area contributed by atoms with Crippen LogP contribution in [0.2, 0.25) is 0 Å². The Bertz CT molecular complexity index is 395. The summed E-state index contributed by atoms with van der Waals surface area (Å²) in [7, 11) is 0. The maximum Gasteiger partial charge on any atom is 0.194 e. The molecule has 1 fully saturated rings. The van der Waals surface area contributed by atoms with E-state index in [2.05, 4.69) is 6.92 Å². The molecule has 2 heteroatoms. The van der Waals surface area contributed by atoms with Crippen molar-refractivity contribution in [2.45, 2.75) is 45.1 Å². The number of carbonyl (C=O) groups is 1. The van der Waals surface area contributed by atoms with Gasteiger partial charge in [-0.3, -0.25) is 4.79 Å². The van der Waals surface area contributed by atoms with Crippen LogP contribution >= 0.6 is 0 Å². The zero-order valence-electron chi connectivity index (χ0n) is 11.3. The molecule has 2 nitrogen and oxygen atoms in total. The van der Waals surface area contributed by atoms with Crippen LogP contribution in [-0.2, 0) is 4.74 Å². The van der Waals surface area contributed by atoms with Crippen molar-refractivity contribution in [3.63, 3.8) is 0 Å². The summed E-state index contributed by atoms with van der Waals surface area (Å²) >= 11 is 0. The first kappa shape index (κ1) is 13.3. The van der Waals surface area contributed by atoms with Gasteiger partial charge in [-0.25, -0.2) is 0 Å².